The third-order valence-corrected chi connectivity index (χ3v) is 3.82. The lowest BCUT2D eigenvalue weighted by atomic mass is 9.86. The van der Waals surface area contributed by atoms with E-state index in [4.69, 9.17) is 9.84 Å². The maximum absolute atomic E-state index is 13.3. The van der Waals surface area contributed by atoms with E-state index in [0.29, 0.717) is 11.0 Å². The molecular weight excluding hydrogens is 341 g/mol. The summed E-state index contributed by atoms with van der Waals surface area (Å²) in [7, 11) is 0. The highest BCUT2D eigenvalue weighted by molar-refractivity contribution is 5.82. The number of benzene rings is 1. The van der Waals surface area contributed by atoms with Crippen LogP contribution in [0.4, 0.5) is 22.0 Å². The van der Waals surface area contributed by atoms with Gasteiger partial charge in [0.25, 0.3) is 5.91 Å². The summed E-state index contributed by atoms with van der Waals surface area (Å²) < 4.78 is 69.9. The second-order valence-electron chi connectivity index (χ2n) is 5.31. The summed E-state index contributed by atoms with van der Waals surface area (Å²) >= 11 is 0. The Kier molecular flexibility index (Phi) is 4.68. The molecule has 0 bridgehead atoms. The third kappa shape index (κ3) is 3.26. The van der Waals surface area contributed by atoms with Crippen molar-refractivity contribution >= 4 is 11.9 Å². The molecule has 24 heavy (non-hydrogen) atoms. The molecule has 10 heteroatoms. The van der Waals surface area contributed by atoms with Crippen molar-refractivity contribution in [3.8, 4) is 5.75 Å². The summed E-state index contributed by atoms with van der Waals surface area (Å²) in [6.07, 6.45) is -5.79. The average Bonchev–Trinajstić information content (AvgIpc) is 2.92. The summed E-state index contributed by atoms with van der Waals surface area (Å²) in [6.45, 7) is -2.25. The molecule has 1 atom stereocenters. The Bertz CT molecular complexity index is 663. The normalized spacial score (nSPS) is 21.0. The topological polar surface area (TPSA) is 66.8 Å². The first-order valence-electron chi connectivity index (χ1n) is 6.72. The number of amides is 1. The van der Waals surface area contributed by atoms with E-state index in [1.807, 2.05) is 0 Å². The number of hydrogen-bond donors (Lipinski definition) is 1. The van der Waals surface area contributed by atoms with Gasteiger partial charge in [-0.25, -0.2) is 8.78 Å². The predicted octanol–water partition coefficient (Wildman–Crippen LogP) is 2.21. The van der Waals surface area contributed by atoms with Crippen molar-refractivity contribution in [2.24, 2.45) is 5.41 Å². The molecule has 1 N–H and O–H groups in total. The molecule has 1 amide bonds. The number of hydrogen-bond acceptors (Lipinski definition) is 3. The van der Waals surface area contributed by atoms with Crippen molar-refractivity contribution < 1.29 is 41.4 Å². The molecule has 1 aliphatic rings. The van der Waals surface area contributed by atoms with E-state index >= 15 is 0 Å². The van der Waals surface area contributed by atoms with Crippen LogP contribution in [0.3, 0.4) is 0 Å². The predicted molar refractivity (Wildman–Crippen MR) is 69.2 cm³/mol. The zero-order valence-corrected chi connectivity index (χ0v) is 12.1. The fourth-order valence-electron chi connectivity index (χ4n) is 2.37. The smallest absolute Gasteiger partial charge is 0.406 e. The van der Waals surface area contributed by atoms with Gasteiger partial charge in [0.05, 0.1) is 0 Å². The second kappa shape index (κ2) is 6.25. The first kappa shape index (κ1) is 18.0. The van der Waals surface area contributed by atoms with Gasteiger partial charge < -0.3 is 14.7 Å². The summed E-state index contributed by atoms with van der Waals surface area (Å²) in [5.74, 6) is -5.35. The summed E-state index contributed by atoms with van der Waals surface area (Å²) in [4.78, 5) is 23.6. The highest BCUT2D eigenvalue weighted by Crippen LogP contribution is 2.45. The molecule has 1 aromatic carbocycles. The first-order valence-corrected chi connectivity index (χ1v) is 6.72. The number of aliphatic carboxylic acids is 1. The number of alkyl halides is 3. The zero-order valence-electron chi connectivity index (χ0n) is 12.1. The number of halogens is 5. The largest absolute Gasteiger partial charge is 0.481 e. The lowest BCUT2D eigenvalue weighted by Gasteiger charge is -2.27. The number of carboxylic acids is 1. The third-order valence-electron chi connectivity index (χ3n) is 3.82. The lowest BCUT2D eigenvalue weighted by Crippen LogP contribution is -2.48. The van der Waals surface area contributed by atoms with Crippen molar-refractivity contribution in [2.75, 3.05) is 19.7 Å². The molecule has 1 unspecified atom stereocenters. The molecule has 1 aromatic rings. The average molecular weight is 353 g/mol. The number of nitrogens with zero attached hydrogens (tertiary/aromatic N) is 1. The molecule has 0 saturated carbocycles. The van der Waals surface area contributed by atoms with Gasteiger partial charge in [0.2, 0.25) is 0 Å². The monoisotopic (exact) mass is 353 g/mol. The molecule has 0 aliphatic carbocycles. The quantitative estimate of drug-likeness (QED) is 0.843. The van der Waals surface area contributed by atoms with E-state index < -0.39 is 67.0 Å². The zero-order chi connectivity index (χ0) is 18.1. The van der Waals surface area contributed by atoms with Gasteiger partial charge in [-0.3, -0.25) is 9.59 Å². The van der Waals surface area contributed by atoms with Gasteiger partial charge in [-0.05, 0) is 18.6 Å². The van der Waals surface area contributed by atoms with E-state index in [2.05, 4.69) is 0 Å². The van der Waals surface area contributed by atoms with Gasteiger partial charge in [0.15, 0.2) is 23.6 Å². The fourth-order valence-corrected chi connectivity index (χ4v) is 2.37. The van der Waals surface area contributed by atoms with Crippen LogP contribution in [0.2, 0.25) is 0 Å². The molecule has 2 rings (SSSR count). The van der Waals surface area contributed by atoms with Crippen LogP contribution in [-0.4, -0.2) is 47.8 Å². The highest BCUT2D eigenvalue weighted by atomic mass is 19.4. The molecule has 132 valence electrons. The number of carbonyl (C=O) groups excluding carboxylic acids is 1. The van der Waals surface area contributed by atoms with Gasteiger partial charge in [0, 0.05) is 19.2 Å². The van der Waals surface area contributed by atoms with Crippen LogP contribution in [-0.2, 0) is 9.59 Å². The number of likely N-dealkylation sites (tertiary alicyclic amines) is 1. The van der Waals surface area contributed by atoms with Gasteiger partial charge in [-0.1, -0.05) is 0 Å². The van der Waals surface area contributed by atoms with Crippen molar-refractivity contribution in [3.63, 3.8) is 0 Å². The van der Waals surface area contributed by atoms with Crippen molar-refractivity contribution in [2.45, 2.75) is 12.6 Å². The second-order valence-corrected chi connectivity index (χ2v) is 5.31. The number of rotatable bonds is 4. The van der Waals surface area contributed by atoms with Crippen LogP contribution in [0.15, 0.2) is 18.2 Å². The van der Waals surface area contributed by atoms with Crippen molar-refractivity contribution in [1.29, 1.82) is 0 Å². The summed E-state index contributed by atoms with van der Waals surface area (Å²) in [6, 6.07) is 2.34. The number of carboxylic acid groups (broad SMARTS) is 1. The van der Waals surface area contributed by atoms with Crippen LogP contribution in [0, 0.1) is 17.0 Å². The Balaban J connectivity index is 2.03. The Hall–Kier alpha value is -2.39. The minimum Gasteiger partial charge on any atom is -0.481 e. The number of ether oxygens (including phenoxy) is 1. The number of carbonyl (C=O) groups is 2. The Morgan fingerprint density at radius 1 is 1.29 bits per heavy atom. The van der Waals surface area contributed by atoms with Crippen molar-refractivity contribution in [1.82, 2.24) is 4.90 Å². The molecular formula is C14H12F5NO4. The highest BCUT2D eigenvalue weighted by Gasteiger charge is 2.64. The standard InChI is InChI=1S/C14H12F5NO4/c15-8-1-2-10(9(16)5-8)24-6-11(21)20-4-3-13(7-20,12(22)23)14(17,18)19/h1-2,5H,3-4,6-7H2,(H,22,23). The van der Waals surface area contributed by atoms with Crippen LogP contribution in [0.5, 0.6) is 5.75 Å². The molecule has 1 heterocycles. The van der Waals surface area contributed by atoms with E-state index in [-0.39, 0.29) is 0 Å². The van der Waals surface area contributed by atoms with Gasteiger partial charge in [0.1, 0.15) is 5.82 Å². The molecule has 1 aliphatic heterocycles. The van der Waals surface area contributed by atoms with Gasteiger partial charge in [-0.15, -0.1) is 0 Å². The Labute approximate surface area is 132 Å². The maximum atomic E-state index is 13.3. The minimum atomic E-state index is -5.02. The van der Waals surface area contributed by atoms with Gasteiger partial charge in [-0.2, -0.15) is 13.2 Å². The Morgan fingerprint density at radius 3 is 2.46 bits per heavy atom. The van der Waals surface area contributed by atoms with Crippen LogP contribution >= 0.6 is 0 Å². The van der Waals surface area contributed by atoms with E-state index in [1.165, 1.54) is 0 Å². The molecule has 0 aromatic heterocycles. The van der Waals surface area contributed by atoms with Crippen LogP contribution < -0.4 is 4.74 Å². The molecule has 5 nitrogen and oxygen atoms in total. The van der Waals surface area contributed by atoms with Crippen LogP contribution in [0.1, 0.15) is 6.42 Å². The van der Waals surface area contributed by atoms with E-state index in [9.17, 15) is 31.5 Å². The van der Waals surface area contributed by atoms with Crippen molar-refractivity contribution in [3.05, 3.63) is 29.8 Å². The first-order chi connectivity index (χ1) is 11.1. The molecule has 0 spiro atoms. The summed E-state index contributed by atoms with van der Waals surface area (Å²) in [5, 5.41) is 8.89. The minimum absolute atomic E-state index is 0.417. The van der Waals surface area contributed by atoms with Gasteiger partial charge >= 0.3 is 12.1 Å². The Morgan fingerprint density at radius 2 is 1.96 bits per heavy atom. The lowest BCUT2D eigenvalue weighted by molar-refractivity contribution is -0.227. The maximum Gasteiger partial charge on any atom is 0.406 e. The molecule has 0 radical (unpaired) electrons. The molecule has 1 saturated heterocycles. The summed E-state index contributed by atoms with van der Waals surface area (Å²) in [5.41, 5.74) is -3.02. The van der Waals surface area contributed by atoms with E-state index in [0.717, 1.165) is 12.1 Å². The SMILES string of the molecule is O=C(COc1ccc(F)cc1F)N1CCC(C(=O)O)(C(F)(F)F)C1. The molecule has 1 fully saturated rings. The fraction of sp³-hybridized carbons (Fsp3) is 0.429. The van der Waals surface area contributed by atoms with E-state index in [1.54, 1.807) is 0 Å². The van der Waals surface area contributed by atoms with Crippen LogP contribution in [0.25, 0.3) is 0 Å².